The van der Waals surface area contributed by atoms with Crippen LogP contribution in [0.25, 0.3) is 0 Å². The van der Waals surface area contributed by atoms with Gasteiger partial charge in [0.15, 0.2) is 6.10 Å². The summed E-state index contributed by atoms with van der Waals surface area (Å²) in [5.41, 5.74) is -0.430. The number of pyridine rings is 1. The molecule has 1 atom stereocenters. The van der Waals surface area contributed by atoms with Crippen molar-refractivity contribution in [3.05, 3.63) is 22.8 Å². The maximum absolute atomic E-state index is 12.3. The first-order chi connectivity index (χ1) is 10.1. The van der Waals surface area contributed by atoms with Crippen LogP contribution in [0, 0.1) is 5.92 Å². The molecular weight excluding hydrogens is 350 g/mol. The Balaban J connectivity index is 2.74. The molecule has 0 unspecified atom stereocenters. The zero-order valence-corrected chi connectivity index (χ0v) is 15.0. The molecule has 122 valence electrons. The summed E-state index contributed by atoms with van der Waals surface area (Å²) in [4.78, 5) is 28.3. The number of amides is 2. The number of carbonyl (C=O) groups excluding carboxylic acids is 2. The highest BCUT2D eigenvalue weighted by Gasteiger charge is 2.28. The van der Waals surface area contributed by atoms with Gasteiger partial charge < -0.3 is 15.4 Å². The van der Waals surface area contributed by atoms with E-state index in [9.17, 15) is 9.59 Å². The lowest BCUT2D eigenvalue weighted by molar-refractivity contribution is -0.126. The summed E-state index contributed by atoms with van der Waals surface area (Å²) < 4.78 is 5.86. The van der Waals surface area contributed by atoms with E-state index in [1.165, 1.54) is 0 Å². The highest BCUT2D eigenvalue weighted by atomic mass is 79.9. The molecular formula is C15H22BrN3O3. The number of anilines is 1. The van der Waals surface area contributed by atoms with Crippen LogP contribution in [-0.2, 0) is 9.53 Å². The van der Waals surface area contributed by atoms with Crippen molar-refractivity contribution in [3.8, 4) is 0 Å². The molecule has 0 fully saturated rings. The van der Waals surface area contributed by atoms with Crippen LogP contribution in [0.4, 0.5) is 10.6 Å². The van der Waals surface area contributed by atoms with Crippen LogP contribution in [0.15, 0.2) is 22.8 Å². The Morgan fingerprint density at radius 2 is 1.91 bits per heavy atom. The van der Waals surface area contributed by atoms with Crippen LogP contribution in [0.5, 0.6) is 0 Å². The molecule has 1 heterocycles. The predicted octanol–water partition coefficient (Wildman–Crippen LogP) is 3.33. The fourth-order valence-corrected chi connectivity index (χ4v) is 1.96. The topological polar surface area (TPSA) is 80.3 Å². The SMILES string of the molecule is CC(C)[C@@H](OC(=O)NC(C)(C)C)C(=O)Nc1cccc(Br)n1. The van der Waals surface area contributed by atoms with E-state index in [0.717, 1.165) is 0 Å². The molecule has 0 spiro atoms. The fourth-order valence-electron chi connectivity index (χ4n) is 1.62. The standard InChI is InChI=1S/C15H22BrN3O3/c1-9(2)12(22-14(21)19-15(3,4)5)13(20)18-11-8-6-7-10(16)17-11/h6-9,12H,1-5H3,(H,19,21)(H,17,18,20)/t12-/m1/s1. The normalized spacial score (nSPS) is 12.7. The largest absolute Gasteiger partial charge is 0.436 e. The molecule has 1 rings (SSSR count). The Morgan fingerprint density at radius 3 is 2.41 bits per heavy atom. The van der Waals surface area contributed by atoms with Gasteiger partial charge in [-0.2, -0.15) is 0 Å². The first-order valence-corrected chi connectivity index (χ1v) is 7.80. The number of carbonyl (C=O) groups is 2. The molecule has 0 aliphatic carbocycles. The molecule has 0 radical (unpaired) electrons. The number of alkyl carbamates (subject to hydrolysis) is 1. The molecule has 22 heavy (non-hydrogen) atoms. The van der Waals surface area contributed by atoms with Crippen LogP contribution in [0.1, 0.15) is 34.6 Å². The van der Waals surface area contributed by atoms with Gasteiger partial charge in [0.25, 0.3) is 5.91 Å². The Labute approximate surface area is 139 Å². The maximum Gasteiger partial charge on any atom is 0.408 e. The van der Waals surface area contributed by atoms with Gasteiger partial charge in [0.2, 0.25) is 0 Å². The third kappa shape index (κ3) is 6.43. The summed E-state index contributed by atoms with van der Waals surface area (Å²) in [5.74, 6) is -0.188. The molecule has 0 aliphatic heterocycles. The Morgan fingerprint density at radius 1 is 1.27 bits per heavy atom. The lowest BCUT2D eigenvalue weighted by atomic mass is 10.1. The highest BCUT2D eigenvalue weighted by molar-refractivity contribution is 9.10. The van der Waals surface area contributed by atoms with Gasteiger partial charge in [-0.25, -0.2) is 9.78 Å². The summed E-state index contributed by atoms with van der Waals surface area (Å²) in [5, 5.41) is 5.32. The Hall–Kier alpha value is -1.63. The monoisotopic (exact) mass is 371 g/mol. The van der Waals surface area contributed by atoms with Gasteiger partial charge >= 0.3 is 6.09 Å². The molecule has 2 amide bonds. The van der Waals surface area contributed by atoms with Gasteiger partial charge in [-0.1, -0.05) is 19.9 Å². The summed E-state index contributed by atoms with van der Waals surface area (Å²) in [6.07, 6.45) is -1.52. The molecule has 1 aromatic rings. The van der Waals surface area contributed by atoms with E-state index in [4.69, 9.17) is 4.74 Å². The molecule has 0 aliphatic rings. The van der Waals surface area contributed by atoms with Crippen molar-refractivity contribution < 1.29 is 14.3 Å². The van der Waals surface area contributed by atoms with E-state index in [-0.39, 0.29) is 5.92 Å². The zero-order chi connectivity index (χ0) is 16.9. The Kier molecular flexibility index (Phi) is 6.34. The molecule has 0 aromatic carbocycles. The third-order valence-corrected chi connectivity index (χ3v) is 2.98. The number of nitrogens with one attached hydrogen (secondary N) is 2. The van der Waals surface area contributed by atoms with Crippen LogP contribution in [0.2, 0.25) is 0 Å². The number of nitrogens with zero attached hydrogens (tertiary/aromatic N) is 1. The van der Waals surface area contributed by atoms with Gasteiger partial charge in [0, 0.05) is 5.54 Å². The van der Waals surface area contributed by atoms with Crippen molar-refractivity contribution >= 4 is 33.7 Å². The van der Waals surface area contributed by atoms with Crippen molar-refractivity contribution in [2.24, 2.45) is 5.92 Å². The first-order valence-electron chi connectivity index (χ1n) is 7.00. The second kappa shape index (κ2) is 7.58. The van der Waals surface area contributed by atoms with Gasteiger partial charge in [0.05, 0.1) is 0 Å². The van der Waals surface area contributed by atoms with Gasteiger partial charge in [-0.15, -0.1) is 0 Å². The number of aromatic nitrogens is 1. The van der Waals surface area contributed by atoms with Crippen molar-refractivity contribution in [1.29, 1.82) is 0 Å². The van der Waals surface area contributed by atoms with Crippen molar-refractivity contribution in [2.75, 3.05) is 5.32 Å². The second-order valence-electron chi connectivity index (χ2n) is 6.28. The summed E-state index contributed by atoms with van der Waals surface area (Å²) in [6.45, 7) is 9.13. The van der Waals surface area contributed by atoms with E-state index in [2.05, 4.69) is 31.5 Å². The maximum atomic E-state index is 12.3. The number of halogens is 1. The molecule has 2 N–H and O–H groups in total. The minimum absolute atomic E-state index is 0.169. The van der Waals surface area contributed by atoms with Crippen molar-refractivity contribution in [3.63, 3.8) is 0 Å². The van der Waals surface area contributed by atoms with Crippen molar-refractivity contribution in [1.82, 2.24) is 10.3 Å². The molecule has 0 saturated heterocycles. The minimum Gasteiger partial charge on any atom is -0.436 e. The van der Waals surface area contributed by atoms with Crippen molar-refractivity contribution in [2.45, 2.75) is 46.3 Å². The second-order valence-corrected chi connectivity index (χ2v) is 7.09. The smallest absolute Gasteiger partial charge is 0.408 e. The third-order valence-electron chi connectivity index (χ3n) is 2.54. The van der Waals surface area contributed by atoms with E-state index >= 15 is 0 Å². The van der Waals surface area contributed by atoms with Gasteiger partial charge in [-0.3, -0.25) is 4.79 Å². The lowest BCUT2D eigenvalue weighted by Gasteiger charge is -2.24. The molecule has 1 aromatic heterocycles. The van der Waals surface area contributed by atoms with Crippen LogP contribution < -0.4 is 10.6 Å². The average Bonchev–Trinajstić information content (AvgIpc) is 2.33. The quantitative estimate of drug-likeness (QED) is 0.795. The van der Waals surface area contributed by atoms with Gasteiger partial charge in [-0.05, 0) is 54.8 Å². The summed E-state index contributed by atoms with van der Waals surface area (Å²) in [7, 11) is 0. The lowest BCUT2D eigenvalue weighted by Crippen LogP contribution is -2.45. The number of hydrogen-bond acceptors (Lipinski definition) is 4. The molecule has 6 nitrogen and oxygen atoms in total. The fraction of sp³-hybridized carbons (Fsp3) is 0.533. The average molecular weight is 372 g/mol. The molecule has 0 bridgehead atoms. The predicted molar refractivity (Wildman–Crippen MR) is 88.6 cm³/mol. The van der Waals surface area contributed by atoms with E-state index < -0.39 is 23.6 Å². The van der Waals surface area contributed by atoms with Crippen LogP contribution >= 0.6 is 15.9 Å². The first kappa shape index (κ1) is 18.4. The number of rotatable bonds is 4. The number of hydrogen-bond donors (Lipinski definition) is 2. The number of ether oxygens (including phenoxy) is 1. The molecule has 7 heteroatoms. The summed E-state index contributed by atoms with van der Waals surface area (Å²) >= 11 is 3.23. The summed E-state index contributed by atoms with van der Waals surface area (Å²) in [6, 6.07) is 5.17. The Bertz CT molecular complexity index is 541. The van der Waals surface area contributed by atoms with E-state index in [0.29, 0.717) is 10.4 Å². The van der Waals surface area contributed by atoms with E-state index in [1.807, 2.05) is 34.6 Å². The molecule has 0 saturated carbocycles. The van der Waals surface area contributed by atoms with Gasteiger partial charge in [0.1, 0.15) is 10.4 Å². The zero-order valence-electron chi connectivity index (χ0n) is 13.4. The van der Waals surface area contributed by atoms with Crippen LogP contribution in [0.3, 0.4) is 0 Å². The highest BCUT2D eigenvalue weighted by Crippen LogP contribution is 2.14. The minimum atomic E-state index is -0.900. The van der Waals surface area contributed by atoms with Crippen LogP contribution in [-0.4, -0.2) is 28.6 Å². The van der Waals surface area contributed by atoms with E-state index in [1.54, 1.807) is 18.2 Å².